The summed E-state index contributed by atoms with van der Waals surface area (Å²) in [5.41, 5.74) is 3.17. The molecule has 3 heteroatoms. The van der Waals surface area contributed by atoms with Crippen LogP contribution >= 0.6 is 0 Å². The van der Waals surface area contributed by atoms with E-state index in [-0.39, 0.29) is 6.04 Å². The molecule has 2 N–H and O–H groups in total. The topological polar surface area (TPSA) is 41.5 Å². The molecular formula is C17H21NO2. The molecule has 0 aliphatic rings. The molecule has 0 saturated heterocycles. The quantitative estimate of drug-likeness (QED) is 0.873. The van der Waals surface area contributed by atoms with Crippen LogP contribution in [0, 0.1) is 6.92 Å². The monoisotopic (exact) mass is 271 g/mol. The Morgan fingerprint density at radius 1 is 1.20 bits per heavy atom. The van der Waals surface area contributed by atoms with Crippen LogP contribution < -0.4 is 10.1 Å². The Kier molecular flexibility index (Phi) is 4.64. The second kappa shape index (κ2) is 6.44. The van der Waals surface area contributed by atoms with Crippen LogP contribution in [0.5, 0.6) is 11.5 Å². The molecule has 1 atom stereocenters. The molecule has 0 heterocycles. The van der Waals surface area contributed by atoms with Gasteiger partial charge in [-0.1, -0.05) is 35.9 Å². The van der Waals surface area contributed by atoms with Gasteiger partial charge in [-0.3, -0.25) is 0 Å². The van der Waals surface area contributed by atoms with Gasteiger partial charge in [-0.25, -0.2) is 0 Å². The molecule has 3 nitrogen and oxygen atoms in total. The van der Waals surface area contributed by atoms with Crippen molar-refractivity contribution in [3.05, 3.63) is 59.2 Å². The largest absolute Gasteiger partial charge is 0.508 e. The summed E-state index contributed by atoms with van der Waals surface area (Å²) < 4.78 is 5.37. The molecule has 20 heavy (non-hydrogen) atoms. The molecule has 0 radical (unpaired) electrons. The van der Waals surface area contributed by atoms with Crippen molar-refractivity contribution in [2.75, 3.05) is 7.11 Å². The lowest BCUT2D eigenvalue weighted by atomic mass is 10.1. The van der Waals surface area contributed by atoms with E-state index >= 15 is 0 Å². The summed E-state index contributed by atoms with van der Waals surface area (Å²) in [7, 11) is 1.68. The normalized spacial score (nSPS) is 12.2. The number of hydrogen-bond donors (Lipinski definition) is 2. The number of rotatable bonds is 5. The van der Waals surface area contributed by atoms with Crippen molar-refractivity contribution in [2.24, 2.45) is 0 Å². The summed E-state index contributed by atoms with van der Waals surface area (Å²) in [6.07, 6.45) is 0. The number of phenols is 1. The smallest absolute Gasteiger partial charge is 0.123 e. The highest BCUT2D eigenvalue weighted by molar-refractivity contribution is 5.37. The zero-order valence-electron chi connectivity index (χ0n) is 12.2. The number of benzene rings is 2. The fraction of sp³-hybridized carbons (Fsp3) is 0.294. The predicted octanol–water partition coefficient (Wildman–Crippen LogP) is 3.56. The van der Waals surface area contributed by atoms with Gasteiger partial charge in [0.25, 0.3) is 0 Å². The van der Waals surface area contributed by atoms with Crippen molar-refractivity contribution in [1.82, 2.24) is 5.32 Å². The highest BCUT2D eigenvalue weighted by atomic mass is 16.5. The number of aromatic hydroxyl groups is 1. The van der Waals surface area contributed by atoms with Gasteiger partial charge < -0.3 is 15.2 Å². The van der Waals surface area contributed by atoms with E-state index in [1.165, 1.54) is 0 Å². The zero-order chi connectivity index (χ0) is 14.5. The number of ether oxygens (including phenoxy) is 1. The lowest BCUT2D eigenvalue weighted by Crippen LogP contribution is -2.18. The summed E-state index contributed by atoms with van der Waals surface area (Å²) in [6, 6.07) is 13.7. The van der Waals surface area contributed by atoms with Crippen LogP contribution in [-0.2, 0) is 6.54 Å². The second-order valence-corrected chi connectivity index (χ2v) is 4.98. The molecule has 0 aliphatic carbocycles. The maximum absolute atomic E-state index is 9.85. The molecule has 2 aromatic carbocycles. The number of phenolic OH excluding ortho intramolecular Hbond substituents is 1. The molecule has 0 aromatic heterocycles. The van der Waals surface area contributed by atoms with Crippen molar-refractivity contribution < 1.29 is 9.84 Å². The van der Waals surface area contributed by atoms with E-state index in [4.69, 9.17) is 4.74 Å². The standard InChI is InChI=1S/C17H21NO2/c1-12-8-9-16(19)14(10-12)11-18-13(2)15-6-4-5-7-17(15)20-3/h4-10,13,18-19H,11H2,1-3H3/t13-/m1/s1. The highest BCUT2D eigenvalue weighted by Gasteiger charge is 2.11. The van der Waals surface area contributed by atoms with E-state index in [0.29, 0.717) is 12.3 Å². The highest BCUT2D eigenvalue weighted by Crippen LogP contribution is 2.25. The molecule has 0 saturated carbocycles. The van der Waals surface area contributed by atoms with Gasteiger partial charge in [0.2, 0.25) is 0 Å². The molecular weight excluding hydrogens is 250 g/mol. The van der Waals surface area contributed by atoms with Crippen LogP contribution in [0.15, 0.2) is 42.5 Å². The fourth-order valence-corrected chi connectivity index (χ4v) is 2.25. The van der Waals surface area contributed by atoms with Crippen LogP contribution in [0.2, 0.25) is 0 Å². The van der Waals surface area contributed by atoms with Crippen molar-refractivity contribution >= 4 is 0 Å². The molecule has 106 valence electrons. The first-order valence-corrected chi connectivity index (χ1v) is 6.76. The van der Waals surface area contributed by atoms with Crippen molar-refractivity contribution in [1.29, 1.82) is 0 Å². The summed E-state index contributed by atoms with van der Waals surface area (Å²) in [5.74, 6) is 1.20. The van der Waals surface area contributed by atoms with Crippen LogP contribution in [0.4, 0.5) is 0 Å². The minimum atomic E-state index is 0.145. The van der Waals surface area contributed by atoms with E-state index in [0.717, 1.165) is 22.4 Å². The maximum Gasteiger partial charge on any atom is 0.123 e. The predicted molar refractivity (Wildman–Crippen MR) is 81.1 cm³/mol. The summed E-state index contributed by atoms with van der Waals surface area (Å²) in [4.78, 5) is 0. The van der Waals surface area contributed by atoms with Crippen LogP contribution in [0.3, 0.4) is 0 Å². The zero-order valence-corrected chi connectivity index (χ0v) is 12.2. The van der Waals surface area contributed by atoms with Gasteiger partial charge in [0.15, 0.2) is 0 Å². The van der Waals surface area contributed by atoms with Gasteiger partial charge in [0.05, 0.1) is 7.11 Å². The van der Waals surface area contributed by atoms with Crippen molar-refractivity contribution in [3.63, 3.8) is 0 Å². The third-order valence-electron chi connectivity index (χ3n) is 3.44. The van der Waals surface area contributed by atoms with E-state index in [1.54, 1.807) is 13.2 Å². The summed E-state index contributed by atoms with van der Waals surface area (Å²) >= 11 is 0. The Hall–Kier alpha value is -2.00. The van der Waals surface area contributed by atoms with Gasteiger partial charge in [0, 0.05) is 23.7 Å². The maximum atomic E-state index is 9.85. The first kappa shape index (κ1) is 14.4. The van der Waals surface area contributed by atoms with E-state index in [1.807, 2.05) is 43.3 Å². The number of para-hydroxylation sites is 1. The fourth-order valence-electron chi connectivity index (χ4n) is 2.25. The number of hydrogen-bond acceptors (Lipinski definition) is 3. The first-order chi connectivity index (χ1) is 9.61. The third kappa shape index (κ3) is 3.31. The van der Waals surface area contributed by atoms with Gasteiger partial charge in [-0.2, -0.15) is 0 Å². The minimum absolute atomic E-state index is 0.145. The molecule has 0 aliphatic heterocycles. The number of aryl methyl sites for hydroxylation is 1. The van der Waals surface area contributed by atoms with Crippen LogP contribution in [0.1, 0.15) is 29.7 Å². The summed E-state index contributed by atoms with van der Waals surface area (Å²) in [5, 5.41) is 13.3. The van der Waals surface area contributed by atoms with E-state index in [2.05, 4.69) is 12.2 Å². The average molecular weight is 271 g/mol. The lowest BCUT2D eigenvalue weighted by Gasteiger charge is -2.17. The third-order valence-corrected chi connectivity index (χ3v) is 3.44. The van der Waals surface area contributed by atoms with Crippen LogP contribution in [-0.4, -0.2) is 12.2 Å². The summed E-state index contributed by atoms with van der Waals surface area (Å²) in [6.45, 7) is 4.73. The Morgan fingerprint density at radius 2 is 1.95 bits per heavy atom. The first-order valence-electron chi connectivity index (χ1n) is 6.76. The van der Waals surface area contributed by atoms with Crippen LogP contribution in [0.25, 0.3) is 0 Å². The minimum Gasteiger partial charge on any atom is -0.508 e. The molecule has 0 spiro atoms. The van der Waals surface area contributed by atoms with Crippen molar-refractivity contribution in [2.45, 2.75) is 26.4 Å². The van der Waals surface area contributed by atoms with E-state index in [9.17, 15) is 5.11 Å². The van der Waals surface area contributed by atoms with Crippen molar-refractivity contribution in [3.8, 4) is 11.5 Å². The Morgan fingerprint density at radius 3 is 2.70 bits per heavy atom. The molecule has 0 fully saturated rings. The van der Waals surface area contributed by atoms with Gasteiger partial charge in [0.1, 0.15) is 11.5 Å². The molecule has 0 unspecified atom stereocenters. The average Bonchev–Trinajstić information content (AvgIpc) is 2.47. The molecule has 0 amide bonds. The lowest BCUT2D eigenvalue weighted by molar-refractivity contribution is 0.401. The molecule has 2 aromatic rings. The Balaban J connectivity index is 2.08. The Bertz CT molecular complexity index is 581. The van der Waals surface area contributed by atoms with Gasteiger partial charge in [-0.05, 0) is 26.0 Å². The molecule has 0 bridgehead atoms. The second-order valence-electron chi connectivity index (χ2n) is 4.98. The Labute approximate surface area is 120 Å². The molecule has 2 rings (SSSR count). The number of nitrogens with one attached hydrogen (secondary N) is 1. The van der Waals surface area contributed by atoms with Gasteiger partial charge >= 0.3 is 0 Å². The SMILES string of the molecule is COc1ccccc1[C@@H](C)NCc1cc(C)ccc1O. The van der Waals surface area contributed by atoms with E-state index < -0.39 is 0 Å². The van der Waals surface area contributed by atoms with Gasteiger partial charge in [-0.15, -0.1) is 0 Å². The number of methoxy groups -OCH3 is 1.